The van der Waals surface area contributed by atoms with Crippen LogP contribution in [0.15, 0.2) is 46.9 Å². The SMILES string of the molecule is NC(=O)c1oc2ccc(F)cc2c1NC(=O)c1cccc(N2C(=O)CCC2=O)c1. The lowest BCUT2D eigenvalue weighted by Crippen LogP contribution is -2.28. The van der Waals surface area contributed by atoms with Crippen LogP contribution in [0.1, 0.15) is 33.8 Å². The van der Waals surface area contributed by atoms with Gasteiger partial charge < -0.3 is 15.5 Å². The highest BCUT2D eigenvalue weighted by Crippen LogP contribution is 2.32. The number of benzene rings is 2. The number of carbonyl (C=O) groups excluding carboxylic acids is 4. The molecule has 0 atom stereocenters. The van der Waals surface area contributed by atoms with E-state index in [4.69, 9.17) is 10.2 Å². The Morgan fingerprint density at radius 2 is 1.79 bits per heavy atom. The summed E-state index contributed by atoms with van der Waals surface area (Å²) in [5, 5.41) is 2.68. The molecule has 9 heteroatoms. The Kier molecular flexibility index (Phi) is 4.34. The summed E-state index contributed by atoms with van der Waals surface area (Å²) in [5.41, 5.74) is 5.82. The Labute approximate surface area is 163 Å². The minimum atomic E-state index is -0.932. The maximum absolute atomic E-state index is 13.6. The van der Waals surface area contributed by atoms with Gasteiger partial charge in [-0.25, -0.2) is 4.39 Å². The van der Waals surface area contributed by atoms with Gasteiger partial charge in [0, 0.05) is 23.8 Å². The van der Waals surface area contributed by atoms with E-state index in [-0.39, 0.29) is 58.3 Å². The second kappa shape index (κ2) is 6.86. The Hall–Kier alpha value is -4.01. The van der Waals surface area contributed by atoms with Crippen molar-refractivity contribution in [2.24, 2.45) is 5.73 Å². The maximum Gasteiger partial charge on any atom is 0.286 e. The minimum Gasteiger partial charge on any atom is -0.449 e. The van der Waals surface area contributed by atoms with E-state index in [1.807, 2.05) is 0 Å². The number of primary amides is 1. The number of furan rings is 1. The predicted octanol–water partition coefficient (Wildman–Crippen LogP) is 2.58. The van der Waals surface area contributed by atoms with E-state index in [1.54, 1.807) is 0 Å². The van der Waals surface area contributed by atoms with Gasteiger partial charge in [-0.1, -0.05) is 6.07 Å². The molecule has 3 aromatic rings. The molecule has 1 aliphatic rings. The molecular weight excluding hydrogens is 381 g/mol. The summed E-state index contributed by atoms with van der Waals surface area (Å²) in [4.78, 5) is 49.3. The highest BCUT2D eigenvalue weighted by atomic mass is 19.1. The van der Waals surface area contributed by atoms with Gasteiger partial charge in [-0.2, -0.15) is 0 Å². The molecule has 1 aliphatic heterocycles. The molecule has 2 heterocycles. The van der Waals surface area contributed by atoms with Crippen molar-refractivity contribution in [3.8, 4) is 0 Å². The van der Waals surface area contributed by atoms with Crippen LogP contribution in [0.25, 0.3) is 11.0 Å². The number of halogens is 1. The van der Waals surface area contributed by atoms with Crippen LogP contribution in [-0.4, -0.2) is 23.6 Å². The topological polar surface area (TPSA) is 123 Å². The zero-order valence-electron chi connectivity index (χ0n) is 14.9. The summed E-state index contributed by atoms with van der Waals surface area (Å²) in [5.74, 6) is -3.18. The number of nitrogens with two attached hydrogens (primary N) is 1. The zero-order chi connectivity index (χ0) is 20.7. The number of fused-ring (bicyclic) bond motifs is 1. The van der Waals surface area contributed by atoms with Gasteiger partial charge in [-0.15, -0.1) is 0 Å². The third-order valence-corrected chi connectivity index (χ3v) is 4.53. The van der Waals surface area contributed by atoms with Crippen molar-refractivity contribution in [1.29, 1.82) is 0 Å². The van der Waals surface area contributed by atoms with Crippen LogP contribution in [0.4, 0.5) is 15.8 Å². The van der Waals surface area contributed by atoms with E-state index >= 15 is 0 Å². The van der Waals surface area contributed by atoms with Gasteiger partial charge in [0.25, 0.3) is 11.8 Å². The molecule has 146 valence electrons. The van der Waals surface area contributed by atoms with E-state index < -0.39 is 17.6 Å². The number of amides is 4. The van der Waals surface area contributed by atoms with Crippen LogP contribution in [0, 0.1) is 5.82 Å². The zero-order valence-corrected chi connectivity index (χ0v) is 14.9. The first-order valence-corrected chi connectivity index (χ1v) is 8.64. The number of nitrogens with one attached hydrogen (secondary N) is 1. The molecule has 0 aliphatic carbocycles. The molecule has 29 heavy (non-hydrogen) atoms. The highest BCUT2D eigenvalue weighted by molar-refractivity contribution is 6.20. The number of rotatable bonds is 4. The molecule has 4 amide bonds. The van der Waals surface area contributed by atoms with E-state index in [1.165, 1.54) is 30.3 Å². The molecule has 2 aromatic carbocycles. The Morgan fingerprint density at radius 1 is 1.07 bits per heavy atom. The first-order valence-electron chi connectivity index (χ1n) is 8.64. The number of nitrogens with zero attached hydrogens (tertiary/aromatic N) is 1. The summed E-state index contributed by atoms with van der Waals surface area (Å²) in [6.07, 6.45) is 0.230. The second-order valence-corrected chi connectivity index (χ2v) is 6.44. The summed E-state index contributed by atoms with van der Waals surface area (Å²) in [6.45, 7) is 0. The normalized spacial score (nSPS) is 13.9. The van der Waals surface area contributed by atoms with Gasteiger partial charge in [0.15, 0.2) is 0 Å². The van der Waals surface area contributed by atoms with Crippen molar-refractivity contribution < 1.29 is 28.0 Å². The van der Waals surface area contributed by atoms with Crippen LogP contribution < -0.4 is 16.0 Å². The molecule has 0 unspecified atom stereocenters. The molecule has 0 bridgehead atoms. The first-order chi connectivity index (χ1) is 13.8. The standard InChI is InChI=1S/C20H14FN3O5/c21-11-4-5-14-13(9-11)17(18(29-14)19(22)27)23-20(28)10-2-1-3-12(8-10)24-15(25)6-7-16(24)26/h1-5,8-9H,6-7H2,(H2,22,27)(H,23,28). The largest absolute Gasteiger partial charge is 0.449 e. The Bertz CT molecular complexity index is 1180. The van der Waals surface area contributed by atoms with E-state index in [0.717, 1.165) is 17.0 Å². The average Bonchev–Trinajstić information content (AvgIpc) is 3.21. The van der Waals surface area contributed by atoms with Gasteiger partial charge in [-0.3, -0.25) is 24.1 Å². The van der Waals surface area contributed by atoms with E-state index in [2.05, 4.69) is 5.32 Å². The Balaban J connectivity index is 1.70. The first kappa shape index (κ1) is 18.4. The van der Waals surface area contributed by atoms with Crippen molar-refractivity contribution >= 4 is 46.0 Å². The van der Waals surface area contributed by atoms with Crippen LogP contribution >= 0.6 is 0 Å². The average molecular weight is 395 g/mol. The fourth-order valence-corrected chi connectivity index (χ4v) is 3.20. The van der Waals surface area contributed by atoms with Crippen LogP contribution in [0.5, 0.6) is 0 Å². The summed E-state index contributed by atoms with van der Waals surface area (Å²) < 4.78 is 19.0. The molecule has 0 radical (unpaired) electrons. The lowest BCUT2D eigenvalue weighted by Gasteiger charge is -2.14. The van der Waals surface area contributed by atoms with Gasteiger partial charge in [0.2, 0.25) is 17.6 Å². The van der Waals surface area contributed by atoms with Gasteiger partial charge >= 0.3 is 0 Å². The number of hydrogen-bond donors (Lipinski definition) is 2. The van der Waals surface area contributed by atoms with Gasteiger partial charge in [0.1, 0.15) is 17.1 Å². The van der Waals surface area contributed by atoms with Crippen molar-refractivity contribution in [2.45, 2.75) is 12.8 Å². The van der Waals surface area contributed by atoms with Crippen LogP contribution in [0.2, 0.25) is 0 Å². The van der Waals surface area contributed by atoms with Gasteiger partial charge in [-0.05, 0) is 36.4 Å². The second-order valence-electron chi connectivity index (χ2n) is 6.44. The third-order valence-electron chi connectivity index (χ3n) is 4.53. The lowest BCUT2D eigenvalue weighted by atomic mass is 10.1. The monoisotopic (exact) mass is 395 g/mol. The number of anilines is 2. The fourth-order valence-electron chi connectivity index (χ4n) is 3.20. The fraction of sp³-hybridized carbons (Fsp3) is 0.100. The molecule has 8 nitrogen and oxygen atoms in total. The minimum absolute atomic E-state index is 0.0595. The molecule has 0 saturated carbocycles. The molecule has 1 aromatic heterocycles. The van der Waals surface area contributed by atoms with Gasteiger partial charge in [0.05, 0.1) is 5.69 Å². The van der Waals surface area contributed by atoms with Crippen LogP contribution in [0.3, 0.4) is 0 Å². The number of carbonyl (C=O) groups is 4. The molecule has 0 spiro atoms. The summed E-state index contributed by atoms with van der Waals surface area (Å²) in [6, 6.07) is 9.48. The smallest absolute Gasteiger partial charge is 0.286 e. The number of hydrogen-bond acceptors (Lipinski definition) is 5. The molecule has 1 saturated heterocycles. The van der Waals surface area contributed by atoms with E-state index in [0.29, 0.717) is 0 Å². The highest BCUT2D eigenvalue weighted by Gasteiger charge is 2.30. The van der Waals surface area contributed by atoms with Crippen molar-refractivity contribution in [3.05, 3.63) is 59.6 Å². The van der Waals surface area contributed by atoms with Crippen molar-refractivity contribution in [3.63, 3.8) is 0 Å². The molecule has 1 fully saturated rings. The predicted molar refractivity (Wildman–Crippen MR) is 101 cm³/mol. The lowest BCUT2D eigenvalue weighted by molar-refractivity contribution is -0.121. The molecular formula is C20H14FN3O5. The maximum atomic E-state index is 13.6. The number of imide groups is 1. The van der Waals surface area contributed by atoms with Crippen molar-refractivity contribution in [1.82, 2.24) is 0 Å². The molecule has 3 N–H and O–H groups in total. The van der Waals surface area contributed by atoms with Crippen LogP contribution in [-0.2, 0) is 9.59 Å². The quantitative estimate of drug-likeness (QED) is 0.658. The third kappa shape index (κ3) is 3.22. The molecule has 4 rings (SSSR count). The Morgan fingerprint density at radius 3 is 2.48 bits per heavy atom. The summed E-state index contributed by atoms with van der Waals surface area (Å²) >= 11 is 0. The van der Waals surface area contributed by atoms with Crippen molar-refractivity contribution in [2.75, 3.05) is 10.2 Å². The van der Waals surface area contributed by atoms with E-state index in [9.17, 15) is 23.6 Å². The summed E-state index contributed by atoms with van der Waals surface area (Å²) in [7, 11) is 0.